The van der Waals surface area contributed by atoms with Crippen LogP contribution in [0, 0.1) is 0 Å². The molecule has 63 heavy (non-hydrogen) atoms. The van der Waals surface area contributed by atoms with Crippen LogP contribution >= 0.6 is 0 Å². The van der Waals surface area contributed by atoms with Crippen molar-refractivity contribution in [2.24, 2.45) is 0 Å². The van der Waals surface area contributed by atoms with Gasteiger partial charge in [-0.15, -0.1) is 0 Å². The van der Waals surface area contributed by atoms with Gasteiger partial charge in [-0.1, -0.05) is 182 Å². The number of hydrogen-bond acceptors (Lipinski definition) is 4. The van der Waals surface area contributed by atoms with Crippen LogP contribution in [0.25, 0.3) is 122 Å². The van der Waals surface area contributed by atoms with Crippen molar-refractivity contribution in [2.45, 2.75) is 0 Å². The highest BCUT2D eigenvalue weighted by Crippen LogP contribution is 2.39. The summed E-state index contributed by atoms with van der Waals surface area (Å²) in [6.07, 6.45) is 0. The van der Waals surface area contributed by atoms with Crippen LogP contribution in [0.5, 0.6) is 0 Å². The summed E-state index contributed by atoms with van der Waals surface area (Å²) in [6.45, 7) is 0. The smallest absolute Gasteiger partial charge is 0.240 e. The molecule has 0 atom stereocenters. The van der Waals surface area contributed by atoms with Crippen molar-refractivity contribution < 1.29 is 37.3 Å². The zero-order valence-corrected chi connectivity index (χ0v) is 32.0. The van der Waals surface area contributed by atoms with Gasteiger partial charge in [0.2, 0.25) is 11.9 Å². The molecule has 0 saturated heterocycles. The molecule has 0 spiro atoms. The van der Waals surface area contributed by atoms with Crippen molar-refractivity contribution in [1.82, 2.24) is 24.1 Å². The van der Waals surface area contributed by atoms with Gasteiger partial charge in [0.25, 0.3) is 0 Å². The average Bonchev–Trinajstić information content (AvgIpc) is 1.57. The highest BCUT2D eigenvalue weighted by molar-refractivity contribution is 6.12. The molecule has 0 N–H and O–H groups in total. The largest absolute Gasteiger partial charge is 0.455 e. The van der Waals surface area contributed by atoms with Crippen molar-refractivity contribution in [3.8, 4) is 56.7 Å². The van der Waals surface area contributed by atoms with Crippen molar-refractivity contribution in [2.75, 3.05) is 0 Å². The van der Waals surface area contributed by atoms with Gasteiger partial charge in [-0.2, -0.15) is 15.0 Å². The third-order valence-electron chi connectivity index (χ3n) is 10.7. The SMILES string of the molecule is [2H]c1c([2H])c([2H])c(-c2c([2H])c([2H])c3c4c([2H])c([2H])c([2H])c([2H])c4n(-c4nc(-c5ccc(-c6cccc7c6oc6ccccc67)cc5)nc(-n5c6c([2H])c([2H])c([2H])c([2H])c6c6c([2H])c([2H])c(-c7c([2H])c([2H])c([2H])c([2H])c7[2H])c([2H])c65)n4)c3c2[2H])c([2H])c1[2H]. The summed E-state index contributed by atoms with van der Waals surface area (Å²) in [5.74, 6) is -1.72. The predicted molar refractivity (Wildman–Crippen MR) is 258 cm³/mol. The fraction of sp³-hybridized carbons (Fsp3) is 0. The number of fused-ring (bicyclic) bond motifs is 9. The molecule has 13 rings (SSSR count). The highest BCUT2D eigenvalue weighted by Gasteiger charge is 2.22. The van der Waals surface area contributed by atoms with E-state index in [4.69, 9.17) is 38.6 Å². The Morgan fingerprint density at radius 1 is 0.365 bits per heavy atom. The Morgan fingerprint density at radius 2 is 0.873 bits per heavy atom. The number of furan rings is 1. The van der Waals surface area contributed by atoms with Gasteiger partial charge in [-0.3, -0.25) is 9.13 Å². The number of nitrogens with zero attached hydrogens (tertiary/aromatic N) is 5. The first-order chi connectivity index (χ1) is 41.2. The van der Waals surface area contributed by atoms with Crippen LogP contribution in [-0.2, 0) is 0 Å². The summed E-state index contributed by atoms with van der Waals surface area (Å²) in [4.78, 5) is 14.6. The molecule has 294 valence electrons. The molecule has 0 saturated carbocycles. The van der Waals surface area contributed by atoms with Gasteiger partial charge in [-0.25, -0.2) is 0 Å². The number of aromatic nitrogens is 5. The van der Waals surface area contributed by atoms with Crippen molar-refractivity contribution in [1.29, 1.82) is 0 Å². The lowest BCUT2D eigenvalue weighted by Gasteiger charge is -2.13. The Hall–Kier alpha value is -8.61. The standard InChI is InChI=1S/C57H35N5O/c1-3-14-36(15-4-1)40-30-32-45-43-18-7-10-23-49(43)61(51(45)34-40)56-58-55(39-28-26-38(27-29-39)42-21-13-22-48-47-20-9-12-25-53(47)63-54(42)48)59-57(60-56)62-50-24-11-8-19-44(50)46-33-31-41(35-52(46)62)37-16-5-2-6-17-37/h1-35H/i1D,2D,3D,4D,5D,6D,7D,8D,10D,11D,14D,15D,16D,17D,18D,19D,23D,24D,30D,31D,32D,33D,34D,35D. The van der Waals surface area contributed by atoms with Gasteiger partial charge in [-0.05, 0) is 58.1 Å². The molecule has 6 nitrogen and oxygen atoms in total. The lowest BCUT2D eigenvalue weighted by molar-refractivity contribution is 0.670. The minimum atomic E-state index is -0.870. The molecule has 9 aromatic carbocycles. The number of hydrogen-bond donors (Lipinski definition) is 0. The Labute approximate surface area is 395 Å². The second-order valence-corrected chi connectivity index (χ2v) is 14.2. The molecule has 0 amide bonds. The van der Waals surface area contributed by atoms with Gasteiger partial charge in [0.1, 0.15) is 11.2 Å². The van der Waals surface area contributed by atoms with E-state index < -0.39 is 223 Å². The summed E-state index contributed by atoms with van der Waals surface area (Å²) >= 11 is 0. The molecule has 0 fully saturated rings. The predicted octanol–water partition coefficient (Wildman–Crippen LogP) is 14.6. The van der Waals surface area contributed by atoms with Gasteiger partial charge in [0.15, 0.2) is 5.82 Å². The minimum absolute atomic E-state index is 0.145. The summed E-state index contributed by atoms with van der Waals surface area (Å²) < 4.78 is 225. The molecule has 4 aromatic heterocycles. The van der Waals surface area contributed by atoms with Crippen LogP contribution in [0.2, 0.25) is 0 Å². The summed E-state index contributed by atoms with van der Waals surface area (Å²) in [7, 11) is 0. The molecule has 0 radical (unpaired) electrons. The first-order valence-electron chi connectivity index (χ1n) is 31.2. The molecule has 6 heteroatoms. The van der Waals surface area contributed by atoms with Gasteiger partial charge >= 0.3 is 0 Å². The fourth-order valence-electron chi connectivity index (χ4n) is 7.88. The maximum atomic E-state index is 9.97. The van der Waals surface area contributed by atoms with Crippen molar-refractivity contribution >= 4 is 65.6 Å². The lowest BCUT2D eigenvalue weighted by Crippen LogP contribution is -2.10. The summed E-state index contributed by atoms with van der Waals surface area (Å²) in [5.41, 5.74) is -2.29. The summed E-state index contributed by atoms with van der Waals surface area (Å²) in [5, 5.41) is -0.163. The van der Waals surface area contributed by atoms with Gasteiger partial charge in [0.05, 0.1) is 55.0 Å². The quantitative estimate of drug-likeness (QED) is 0.167. The van der Waals surface area contributed by atoms with Crippen LogP contribution < -0.4 is 0 Å². The van der Waals surface area contributed by atoms with E-state index in [0.717, 1.165) is 19.9 Å². The highest BCUT2D eigenvalue weighted by atomic mass is 16.3. The monoisotopic (exact) mass is 829 g/mol. The molecule has 13 aromatic rings. The van der Waals surface area contributed by atoms with E-state index in [2.05, 4.69) is 0 Å². The molecule has 0 aliphatic heterocycles. The maximum absolute atomic E-state index is 9.97. The topological polar surface area (TPSA) is 61.7 Å². The van der Waals surface area contributed by atoms with E-state index in [1.807, 2.05) is 42.5 Å². The number of para-hydroxylation sites is 4. The first kappa shape index (κ1) is 19.0. The summed E-state index contributed by atoms with van der Waals surface area (Å²) in [6, 6.07) is -0.485. The van der Waals surface area contributed by atoms with E-state index in [1.54, 1.807) is 24.3 Å². The van der Waals surface area contributed by atoms with E-state index in [-0.39, 0.29) is 11.4 Å². The minimum Gasteiger partial charge on any atom is -0.455 e. The van der Waals surface area contributed by atoms with E-state index >= 15 is 0 Å². The van der Waals surface area contributed by atoms with Crippen molar-refractivity contribution in [3.63, 3.8) is 0 Å². The fourth-order valence-corrected chi connectivity index (χ4v) is 7.88. The second kappa shape index (κ2) is 14.0. The average molecular weight is 830 g/mol. The third-order valence-corrected chi connectivity index (χ3v) is 10.7. The molecular formula is C57H35N5O. The number of benzene rings is 9. The molecule has 4 heterocycles. The third kappa shape index (κ3) is 5.62. The van der Waals surface area contributed by atoms with Crippen LogP contribution in [0.15, 0.2) is 216 Å². The zero-order valence-electron chi connectivity index (χ0n) is 56.0. The second-order valence-electron chi connectivity index (χ2n) is 14.2. The van der Waals surface area contributed by atoms with E-state index in [1.165, 1.54) is 0 Å². The first-order valence-corrected chi connectivity index (χ1v) is 19.2. The van der Waals surface area contributed by atoms with Crippen LogP contribution in [0.1, 0.15) is 32.9 Å². The molecule has 0 bridgehead atoms. The number of rotatable bonds is 6. The molecule has 0 aliphatic carbocycles. The maximum Gasteiger partial charge on any atom is 0.240 e. The molecule has 0 aliphatic rings. The lowest BCUT2D eigenvalue weighted by atomic mass is 10.0. The normalized spacial score (nSPS) is 17.1. The van der Waals surface area contributed by atoms with Crippen LogP contribution in [0.4, 0.5) is 0 Å². The Morgan fingerprint density at radius 3 is 1.48 bits per heavy atom. The Bertz CT molecular complexity index is 5040. The van der Waals surface area contributed by atoms with Crippen LogP contribution in [0.3, 0.4) is 0 Å². The van der Waals surface area contributed by atoms with Crippen molar-refractivity contribution in [3.05, 3.63) is 212 Å². The van der Waals surface area contributed by atoms with Gasteiger partial charge < -0.3 is 4.42 Å². The van der Waals surface area contributed by atoms with E-state index in [9.17, 15) is 13.7 Å². The van der Waals surface area contributed by atoms with E-state index in [0.29, 0.717) is 22.3 Å². The Kier molecular flexibility index (Phi) is 4.21. The van der Waals surface area contributed by atoms with Crippen LogP contribution in [-0.4, -0.2) is 24.1 Å². The Balaban J connectivity index is 1.22. The molecule has 0 unspecified atom stereocenters. The zero-order chi connectivity index (χ0) is 62.3. The molecular weight excluding hydrogens is 771 g/mol. The van der Waals surface area contributed by atoms with Gasteiger partial charge in [0, 0.05) is 43.4 Å².